The molecule has 2 aliphatic heterocycles. The Hall–Kier alpha value is 0.400. The van der Waals surface area contributed by atoms with Gasteiger partial charge in [-0.15, -0.1) is 23.5 Å². The topological polar surface area (TPSA) is 9.23 Å². The van der Waals surface area contributed by atoms with Gasteiger partial charge in [-0.05, 0) is 24.3 Å². The van der Waals surface area contributed by atoms with Gasteiger partial charge >= 0.3 is 0 Å². The highest BCUT2D eigenvalue weighted by atomic mass is 32.2. The Morgan fingerprint density at radius 2 is 2.20 bits per heavy atom. The third-order valence-electron chi connectivity index (χ3n) is 3.82. The fourth-order valence-corrected chi connectivity index (χ4v) is 6.49. The van der Waals surface area contributed by atoms with Crippen LogP contribution < -0.4 is 0 Å². The molecule has 0 aromatic rings. The fourth-order valence-electron chi connectivity index (χ4n) is 3.07. The van der Waals surface area contributed by atoms with Gasteiger partial charge in [-0.2, -0.15) is 0 Å². The molecule has 0 N–H and O–H groups in total. The second-order valence-electron chi connectivity index (χ2n) is 4.65. The van der Waals surface area contributed by atoms with Gasteiger partial charge in [0.1, 0.15) is 0 Å². The number of hydrogen-bond acceptors (Lipinski definition) is 3. The molecule has 2 heterocycles. The van der Waals surface area contributed by atoms with Crippen LogP contribution in [0.1, 0.15) is 26.2 Å². The van der Waals surface area contributed by atoms with E-state index in [1.807, 2.05) is 0 Å². The van der Waals surface area contributed by atoms with E-state index in [9.17, 15) is 0 Å². The van der Waals surface area contributed by atoms with Crippen LogP contribution in [0.4, 0.5) is 0 Å². The van der Waals surface area contributed by atoms with Crippen molar-refractivity contribution in [2.75, 3.05) is 18.1 Å². The lowest BCUT2D eigenvalue weighted by Gasteiger charge is -2.40. The van der Waals surface area contributed by atoms with Gasteiger partial charge in [0.15, 0.2) is 0 Å². The Morgan fingerprint density at radius 1 is 1.40 bits per heavy atom. The third kappa shape index (κ3) is 1.77. The molecule has 3 heteroatoms. The average molecular weight is 242 g/mol. The smallest absolute Gasteiger partial charge is 0.0814 e. The van der Waals surface area contributed by atoms with Crippen LogP contribution in [0.5, 0.6) is 0 Å². The van der Waals surface area contributed by atoms with Crippen LogP contribution in [0.15, 0.2) is 11.6 Å². The lowest BCUT2D eigenvalue weighted by Crippen LogP contribution is -2.36. The summed E-state index contributed by atoms with van der Waals surface area (Å²) in [6, 6.07) is 0. The van der Waals surface area contributed by atoms with Crippen molar-refractivity contribution in [1.82, 2.24) is 0 Å². The molecule has 15 heavy (non-hydrogen) atoms. The number of fused-ring (bicyclic) bond motifs is 1. The zero-order valence-corrected chi connectivity index (χ0v) is 10.8. The molecule has 2 fully saturated rings. The van der Waals surface area contributed by atoms with Crippen molar-refractivity contribution in [1.29, 1.82) is 0 Å². The first-order valence-corrected chi connectivity index (χ1v) is 7.89. The fraction of sp³-hybridized carbons (Fsp3) is 0.833. The maximum atomic E-state index is 5.86. The van der Waals surface area contributed by atoms with Gasteiger partial charge in [0.25, 0.3) is 0 Å². The summed E-state index contributed by atoms with van der Waals surface area (Å²) < 4.78 is 6.36. The summed E-state index contributed by atoms with van der Waals surface area (Å²) in [5.41, 5.74) is 1.62. The van der Waals surface area contributed by atoms with E-state index in [1.165, 1.54) is 30.8 Å². The summed E-state index contributed by atoms with van der Waals surface area (Å²) in [4.78, 5) is 0. The lowest BCUT2D eigenvalue weighted by molar-refractivity contribution is 0.0929. The first-order chi connectivity index (χ1) is 7.33. The van der Waals surface area contributed by atoms with E-state index in [-0.39, 0.29) is 0 Å². The zero-order chi connectivity index (χ0) is 10.3. The minimum absolute atomic E-state index is 0.460. The normalized spacial score (nSPS) is 38.1. The molecule has 1 saturated carbocycles. The third-order valence-corrected chi connectivity index (χ3v) is 7.32. The Labute approximate surface area is 100 Å². The molecule has 1 saturated heterocycles. The Bertz CT molecular complexity index is 281. The molecule has 3 rings (SSSR count). The quantitative estimate of drug-likeness (QED) is 0.653. The molecule has 1 nitrogen and oxygen atoms in total. The molecule has 0 bridgehead atoms. The lowest BCUT2D eigenvalue weighted by atomic mass is 9.80. The molecule has 0 aromatic carbocycles. The maximum absolute atomic E-state index is 5.86. The van der Waals surface area contributed by atoms with Crippen molar-refractivity contribution in [2.45, 2.75) is 36.4 Å². The van der Waals surface area contributed by atoms with Crippen molar-refractivity contribution in [3.05, 3.63) is 11.6 Å². The Kier molecular flexibility index (Phi) is 2.82. The minimum Gasteiger partial charge on any atom is -0.370 e. The molecule has 1 aliphatic carbocycles. The second-order valence-corrected chi connectivity index (χ2v) is 7.86. The van der Waals surface area contributed by atoms with Crippen molar-refractivity contribution >= 4 is 23.5 Å². The Balaban J connectivity index is 1.84. The van der Waals surface area contributed by atoms with E-state index in [4.69, 9.17) is 4.74 Å². The highest BCUT2D eigenvalue weighted by Crippen LogP contribution is 2.57. The molecule has 0 radical (unpaired) electrons. The summed E-state index contributed by atoms with van der Waals surface area (Å²) in [5.74, 6) is 3.48. The standard InChI is InChI=1S/C12H18OS2/c1-2-9-7-12(14-5-6-15-12)8-11-10(9)3-4-13-11/h3,9,11H,2,4-8H2,1H3. The first-order valence-electron chi connectivity index (χ1n) is 5.92. The summed E-state index contributed by atoms with van der Waals surface area (Å²) in [7, 11) is 0. The molecule has 0 amide bonds. The van der Waals surface area contributed by atoms with E-state index >= 15 is 0 Å². The molecule has 2 unspecified atom stereocenters. The van der Waals surface area contributed by atoms with E-state index in [2.05, 4.69) is 36.5 Å². The summed E-state index contributed by atoms with van der Waals surface area (Å²) in [5, 5.41) is 0. The Morgan fingerprint density at radius 3 is 2.93 bits per heavy atom. The van der Waals surface area contributed by atoms with E-state index in [0.717, 1.165) is 12.5 Å². The van der Waals surface area contributed by atoms with Crippen LogP contribution in [-0.4, -0.2) is 28.3 Å². The second kappa shape index (κ2) is 4.01. The highest BCUT2D eigenvalue weighted by molar-refractivity contribution is 8.21. The van der Waals surface area contributed by atoms with E-state index in [0.29, 0.717) is 10.2 Å². The van der Waals surface area contributed by atoms with Gasteiger partial charge in [0.2, 0.25) is 0 Å². The number of ether oxygens (including phenoxy) is 1. The van der Waals surface area contributed by atoms with Gasteiger partial charge in [-0.1, -0.05) is 13.0 Å². The summed E-state index contributed by atoms with van der Waals surface area (Å²) >= 11 is 4.38. The van der Waals surface area contributed by atoms with Crippen molar-refractivity contribution in [2.24, 2.45) is 5.92 Å². The largest absolute Gasteiger partial charge is 0.370 e. The van der Waals surface area contributed by atoms with E-state index in [1.54, 1.807) is 5.57 Å². The van der Waals surface area contributed by atoms with E-state index < -0.39 is 0 Å². The van der Waals surface area contributed by atoms with Crippen LogP contribution in [0, 0.1) is 5.92 Å². The molecule has 0 aromatic heterocycles. The van der Waals surface area contributed by atoms with Crippen LogP contribution in [0.25, 0.3) is 0 Å². The van der Waals surface area contributed by atoms with Crippen molar-refractivity contribution in [3.8, 4) is 0 Å². The molecule has 84 valence electrons. The number of thioether (sulfide) groups is 2. The van der Waals surface area contributed by atoms with Gasteiger partial charge in [-0.3, -0.25) is 0 Å². The van der Waals surface area contributed by atoms with Crippen LogP contribution in [-0.2, 0) is 4.74 Å². The predicted octanol–water partition coefficient (Wildman–Crippen LogP) is 3.31. The number of rotatable bonds is 1. The molecule has 2 atom stereocenters. The highest BCUT2D eigenvalue weighted by Gasteiger charge is 2.46. The molecule has 1 spiro atoms. The van der Waals surface area contributed by atoms with Crippen LogP contribution in [0.2, 0.25) is 0 Å². The summed E-state index contributed by atoms with van der Waals surface area (Å²) in [6.45, 7) is 3.19. The van der Waals surface area contributed by atoms with Crippen molar-refractivity contribution in [3.63, 3.8) is 0 Å². The predicted molar refractivity (Wildman–Crippen MR) is 68.5 cm³/mol. The van der Waals surface area contributed by atoms with Gasteiger partial charge in [0.05, 0.1) is 16.8 Å². The monoisotopic (exact) mass is 242 g/mol. The van der Waals surface area contributed by atoms with Crippen LogP contribution >= 0.6 is 23.5 Å². The maximum Gasteiger partial charge on any atom is 0.0814 e. The first kappa shape index (κ1) is 10.5. The SMILES string of the molecule is CCC1CC2(CC3OCC=C13)SCCS2. The van der Waals surface area contributed by atoms with Gasteiger partial charge < -0.3 is 4.74 Å². The van der Waals surface area contributed by atoms with Gasteiger partial charge in [0, 0.05) is 17.9 Å². The average Bonchev–Trinajstić information content (AvgIpc) is 2.86. The molecule has 3 aliphatic rings. The number of hydrogen-bond donors (Lipinski definition) is 0. The molecular weight excluding hydrogens is 224 g/mol. The van der Waals surface area contributed by atoms with Gasteiger partial charge in [-0.25, -0.2) is 0 Å². The zero-order valence-electron chi connectivity index (χ0n) is 9.20. The molecular formula is C12H18OS2. The van der Waals surface area contributed by atoms with Crippen LogP contribution in [0.3, 0.4) is 0 Å². The summed E-state index contributed by atoms with van der Waals surface area (Å²) in [6.07, 6.45) is 6.72. The minimum atomic E-state index is 0.460. The van der Waals surface area contributed by atoms with Crippen molar-refractivity contribution < 1.29 is 4.74 Å².